The number of Topliss-reactive ketones (excluding diaryl/α,β-unsaturated/α-hetero) is 1. The molecule has 4 nitrogen and oxygen atoms in total. The number of aryl methyl sites for hydroxylation is 1. The standard InChI is InChI=1S/C14H19NO3S2/c1-11-5-3-4-6-12(11)13(16)9-15-7-8-19-10-14(15)20(2,17)18/h3-6,14H,7-10H2,1-2H3. The van der Waals surface area contributed by atoms with Crippen molar-refractivity contribution in [2.75, 3.05) is 30.9 Å². The van der Waals surface area contributed by atoms with Crippen molar-refractivity contribution in [2.45, 2.75) is 12.3 Å². The molecule has 0 spiro atoms. The van der Waals surface area contributed by atoms with Crippen LogP contribution >= 0.6 is 11.8 Å². The summed E-state index contributed by atoms with van der Waals surface area (Å²) in [7, 11) is -3.16. The van der Waals surface area contributed by atoms with Gasteiger partial charge in [-0.1, -0.05) is 24.3 Å². The van der Waals surface area contributed by atoms with E-state index >= 15 is 0 Å². The fourth-order valence-electron chi connectivity index (χ4n) is 2.35. The van der Waals surface area contributed by atoms with Gasteiger partial charge in [-0.05, 0) is 12.5 Å². The lowest BCUT2D eigenvalue weighted by molar-refractivity contribution is 0.0928. The van der Waals surface area contributed by atoms with E-state index in [4.69, 9.17) is 0 Å². The summed E-state index contributed by atoms with van der Waals surface area (Å²) in [5.41, 5.74) is 1.61. The summed E-state index contributed by atoms with van der Waals surface area (Å²) in [6, 6.07) is 7.42. The third-order valence-electron chi connectivity index (χ3n) is 3.48. The highest BCUT2D eigenvalue weighted by Gasteiger charge is 2.32. The molecule has 1 unspecified atom stereocenters. The maximum atomic E-state index is 12.4. The number of thioether (sulfide) groups is 1. The average molecular weight is 313 g/mol. The van der Waals surface area contributed by atoms with Crippen LogP contribution in [0.15, 0.2) is 24.3 Å². The first-order valence-electron chi connectivity index (χ1n) is 6.49. The maximum absolute atomic E-state index is 12.4. The van der Waals surface area contributed by atoms with Crippen LogP contribution in [0.1, 0.15) is 15.9 Å². The van der Waals surface area contributed by atoms with Gasteiger partial charge in [-0.15, -0.1) is 0 Å². The number of hydrogen-bond donors (Lipinski definition) is 0. The Morgan fingerprint density at radius 2 is 2.10 bits per heavy atom. The fraction of sp³-hybridized carbons (Fsp3) is 0.500. The van der Waals surface area contributed by atoms with E-state index in [2.05, 4.69) is 0 Å². The molecule has 1 aliphatic rings. The molecule has 0 aliphatic carbocycles. The van der Waals surface area contributed by atoms with E-state index < -0.39 is 15.2 Å². The summed E-state index contributed by atoms with van der Waals surface area (Å²) in [6.07, 6.45) is 1.24. The molecule has 0 aromatic heterocycles. The maximum Gasteiger partial charge on any atom is 0.177 e. The molecule has 0 bridgehead atoms. The van der Waals surface area contributed by atoms with Gasteiger partial charge < -0.3 is 0 Å². The summed E-state index contributed by atoms with van der Waals surface area (Å²) in [5.74, 6) is 1.40. The van der Waals surface area contributed by atoms with Gasteiger partial charge in [0.15, 0.2) is 15.6 Å². The van der Waals surface area contributed by atoms with E-state index in [1.807, 2.05) is 25.1 Å². The van der Waals surface area contributed by atoms with E-state index in [0.717, 1.165) is 11.3 Å². The molecule has 110 valence electrons. The predicted molar refractivity (Wildman–Crippen MR) is 83.0 cm³/mol. The topological polar surface area (TPSA) is 54.5 Å². The molecule has 0 amide bonds. The number of hydrogen-bond acceptors (Lipinski definition) is 5. The van der Waals surface area contributed by atoms with Crippen molar-refractivity contribution in [3.05, 3.63) is 35.4 Å². The number of carbonyl (C=O) groups excluding carboxylic acids is 1. The second kappa shape index (κ2) is 6.28. The molecule has 1 heterocycles. The molecule has 0 saturated carbocycles. The van der Waals surface area contributed by atoms with E-state index in [1.54, 1.807) is 22.7 Å². The molecule has 20 heavy (non-hydrogen) atoms. The van der Waals surface area contributed by atoms with Gasteiger partial charge in [0.25, 0.3) is 0 Å². The lowest BCUT2D eigenvalue weighted by Gasteiger charge is -2.33. The van der Waals surface area contributed by atoms with Crippen LogP contribution < -0.4 is 0 Å². The summed E-state index contributed by atoms with van der Waals surface area (Å²) in [4.78, 5) is 14.2. The van der Waals surface area contributed by atoms with Gasteiger partial charge in [0.05, 0.1) is 6.54 Å². The van der Waals surface area contributed by atoms with Gasteiger partial charge in [-0.25, -0.2) is 8.42 Å². The highest BCUT2D eigenvalue weighted by atomic mass is 32.2. The van der Waals surface area contributed by atoms with E-state index in [0.29, 0.717) is 17.9 Å². The van der Waals surface area contributed by atoms with Crippen LogP contribution in [-0.4, -0.2) is 55.3 Å². The van der Waals surface area contributed by atoms with E-state index in [-0.39, 0.29) is 12.3 Å². The van der Waals surface area contributed by atoms with Crippen molar-refractivity contribution in [2.24, 2.45) is 0 Å². The van der Waals surface area contributed by atoms with E-state index in [9.17, 15) is 13.2 Å². The van der Waals surface area contributed by atoms with Gasteiger partial charge in [0, 0.05) is 29.9 Å². The normalized spacial score (nSPS) is 20.8. The first kappa shape index (κ1) is 15.5. The van der Waals surface area contributed by atoms with Crippen LogP contribution in [-0.2, 0) is 9.84 Å². The molecule has 1 aliphatic heterocycles. The van der Waals surface area contributed by atoms with Crippen molar-refractivity contribution in [3.8, 4) is 0 Å². The largest absolute Gasteiger partial charge is 0.293 e. The molecular weight excluding hydrogens is 294 g/mol. The Balaban J connectivity index is 2.15. The zero-order chi connectivity index (χ0) is 14.8. The van der Waals surface area contributed by atoms with Crippen LogP contribution in [0.5, 0.6) is 0 Å². The smallest absolute Gasteiger partial charge is 0.177 e. The summed E-state index contributed by atoms with van der Waals surface area (Å²) in [6.45, 7) is 2.70. The second-order valence-corrected chi connectivity index (χ2v) is 8.42. The van der Waals surface area contributed by atoms with Gasteiger partial charge in [0.1, 0.15) is 5.37 Å². The summed E-state index contributed by atoms with van der Waals surface area (Å²) < 4.78 is 23.6. The Hall–Kier alpha value is -0.850. The Bertz CT molecular complexity index is 598. The van der Waals surface area contributed by atoms with Crippen LogP contribution in [0, 0.1) is 6.92 Å². The van der Waals surface area contributed by atoms with Crippen LogP contribution in [0.3, 0.4) is 0 Å². The Kier molecular flexibility index (Phi) is 4.88. The van der Waals surface area contributed by atoms with Gasteiger partial charge in [0.2, 0.25) is 0 Å². The lowest BCUT2D eigenvalue weighted by atomic mass is 10.0. The molecule has 6 heteroatoms. The minimum atomic E-state index is -3.16. The zero-order valence-electron chi connectivity index (χ0n) is 11.7. The van der Waals surface area contributed by atoms with Gasteiger partial charge in [-0.3, -0.25) is 9.69 Å². The second-order valence-electron chi connectivity index (χ2n) is 5.07. The fourth-order valence-corrected chi connectivity index (χ4v) is 5.29. The number of ketones is 1. The minimum absolute atomic E-state index is 0.0105. The van der Waals surface area contributed by atoms with E-state index in [1.165, 1.54) is 6.26 Å². The highest BCUT2D eigenvalue weighted by molar-refractivity contribution is 8.00. The molecule has 1 saturated heterocycles. The number of benzene rings is 1. The molecule has 1 aromatic rings. The van der Waals surface area contributed by atoms with Crippen molar-refractivity contribution < 1.29 is 13.2 Å². The SMILES string of the molecule is Cc1ccccc1C(=O)CN1CCSCC1S(C)(=O)=O. The molecule has 1 aromatic carbocycles. The predicted octanol–water partition coefficient (Wildman–Crippen LogP) is 1.60. The Morgan fingerprint density at radius 1 is 1.40 bits per heavy atom. The molecule has 1 atom stereocenters. The first-order valence-corrected chi connectivity index (χ1v) is 9.60. The third kappa shape index (κ3) is 3.62. The molecule has 2 rings (SSSR count). The van der Waals surface area contributed by atoms with Crippen LogP contribution in [0.2, 0.25) is 0 Å². The monoisotopic (exact) mass is 313 g/mol. The van der Waals surface area contributed by atoms with Gasteiger partial charge in [-0.2, -0.15) is 11.8 Å². The molecule has 0 radical (unpaired) electrons. The quantitative estimate of drug-likeness (QED) is 0.790. The lowest BCUT2D eigenvalue weighted by Crippen LogP contribution is -2.48. The number of carbonyl (C=O) groups is 1. The average Bonchev–Trinajstić information content (AvgIpc) is 2.38. The van der Waals surface area contributed by atoms with Crippen molar-refractivity contribution in [1.82, 2.24) is 4.90 Å². The van der Waals surface area contributed by atoms with Crippen LogP contribution in [0.25, 0.3) is 0 Å². The van der Waals surface area contributed by atoms with Crippen molar-refractivity contribution in [1.29, 1.82) is 0 Å². The first-order chi connectivity index (χ1) is 9.39. The van der Waals surface area contributed by atoms with Gasteiger partial charge >= 0.3 is 0 Å². The molecular formula is C14H19NO3S2. The molecule has 0 N–H and O–H groups in total. The Morgan fingerprint density at radius 3 is 2.75 bits per heavy atom. The van der Waals surface area contributed by atoms with Crippen molar-refractivity contribution in [3.63, 3.8) is 0 Å². The number of rotatable bonds is 4. The number of nitrogens with zero attached hydrogens (tertiary/aromatic N) is 1. The minimum Gasteiger partial charge on any atom is -0.293 e. The summed E-state index contributed by atoms with van der Waals surface area (Å²) in [5, 5.41) is -0.547. The zero-order valence-corrected chi connectivity index (χ0v) is 13.3. The van der Waals surface area contributed by atoms with Crippen LogP contribution in [0.4, 0.5) is 0 Å². The highest BCUT2D eigenvalue weighted by Crippen LogP contribution is 2.21. The summed E-state index contributed by atoms with van der Waals surface area (Å²) >= 11 is 1.63. The number of sulfone groups is 1. The van der Waals surface area contributed by atoms with Crippen molar-refractivity contribution >= 4 is 27.4 Å². The molecule has 1 fully saturated rings. The third-order valence-corrected chi connectivity index (χ3v) is 6.16. The Labute approximate surface area is 124 Å².